The molecule has 0 aliphatic heterocycles. The Morgan fingerprint density at radius 1 is 1.11 bits per heavy atom. The number of ether oxygens (including phenoxy) is 1. The van der Waals surface area contributed by atoms with Crippen LogP contribution in [-0.4, -0.2) is 6.54 Å². The third kappa shape index (κ3) is 4.47. The van der Waals surface area contributed by atoms with Crippen molar-refractivity contribution in [2.45, 2.75) is 13.5 Å². The first kappa shape index (κ1) is 14.3. The molecule has 0 amide bonds. The van der Waals surface area contributed by atoms with Gasteiger partial charge in [0.1, 0.15) is 17.3 Å². The summed E-state index contributed by atoms with van der Waals surface area (Å²) in [4.78, 5) is 0. The minimum Gasteiger partial charge on any atom is -0.457 e. The molecule has 0 saturated heterocycles. The molecule has 2 aromatic rings. The molecule has 1 N–H and O–H groups in total. The Bertz CT molecular complexity index is 542. The molecule has 19 heavy (non-hydrogen) atoms. The minimum atomic E-state index is -0.282. The van der Waals surface area contributed by atoms with Crippen molar-refractivity contribution in [2.24, 2.45) is 0 Å². The van der Waals surface area contributed by atoms with E-state index in [1.54, 1.807) is 0 Å². The molecule has 0 fully saturated rings. The zero-order chi connectivity index (χ0) is 13.7. The van der Waals surface area contributed by atoms with E-state index in [1.165, 1.54) is 12.1 Å². The normalized spacial score (nSPS) is 10.5. The number of benzene rings is 2. The van der Waals surface area contributed by atoms with Crippen LogP contribution in [0.4, 0.5) is 4.39 Å². The lowest BCUT2D eigenvalue weighted by atomic mass is 10.2. The molecule has 4 heteroatoms. The smallest absolute Gasteiger partial charge is 0.130 e. The van der Waals surface area contributed by atoms with Gasteiger partial charge in [0.2, 0.25) is 0 Å². The van der Waals surface area contributed by atoms with Crippen LogP contribution in [-0.2, 0) is 6.54 Å². The summed E-state index contributed by atoms with van der Waals surface area (Å²) in [6, 6.07) is 12.4. The molecular formula is C15H15FINO. The fourth-order valence-electron chi connectivity index (χ4n) is 1.69. The van der Waals surface area contributed by atoms with Crippen molar-refractivity contribution < 1.29 is 9.13 Å². The maximum atomic E-state index is 13.5. The summed E-state index contributed by atoms with van der Waals surface area (Å²) in [7, 11) is 0. The first-order chi connectivity index (χ1) is 9.17. The highest BCUT2D eigenvalue weighted by Crippen LogP contribution is 2.24. The highest BCUT2D eigenvalue weighted by Gasteiger charge is 2.03. The van der Waals surface area contributed by atoms with Gasteiger partial charge in [0, 0.05) is 16.2 Å². The number of nitrogens with one attached hydrogen (secondary N) is 1. The van der Waals surface area contributed by atoms with Crippen molar-refractivity contribution in [1.29, 1.82) is 0 Å². The Morgan fingerprint density at radius 2 is 1.84 bits per heavy atom. The Labute approximate surface area is 126 Å². The van der Waals surface area contributed by atoms with Gasteiger partial charge in [-0.25, -0.2) is 4.39 Å². The molecule has 2 rings (SSSR count). The van der Waals surface area contributed by atoms with Crippen LogP contribution >= 0.6 is 22.6 Å². The second-order valence-corrected chi connectivity index (χ2v) is 5.38. The molecule has 0 heterocycles. The second kappa shape index (κ2) is 6.86. The Morgan fingerprint density at radius 3 is 2.53 bits per heavy atom. The molecule has 2 aromatic carbocycles. The quantitative estimate of drug-likeness (QED) is 0.790. The molecule has 100 valence electrons. The van der Waals surface area contributed by atoms with Crippen LogP contribution in [0, 0.1) is 9.39 Å². The van der Waals surface area contributed by atoms with Crippen molar-refractivity contribution in [3.05, 3.63) is 57.4 Å². The van der Waals surface area contributed by atoms with Crippen LogP contribution in [0.5, 0.6) is 11.5 Å². The van der Waals surface area contributed by atoms with E-state index in [1.807, 2.05) is 37.3 Å². The summed E-state index contributed by atoms with van der Waals surface area (Å²) in [5, 5.41) is 3.17. The standard InChI is InChI=1S/C15H15FINO/c1-2-18-10-11-7-12(16)9-15(8-11)19-14-5-3-13(17)4-6-14/h3-9,18H,2,10H2,1H3. The highest BCUT2D eigenvalue weighted by molar-refractivity contribution is 14.1. The van der Waals surface area contributed by atoms with Gasteiger partial charge >= 0.3 is 0 Å². The zero-order valence-electron chi connectivity index (χ0n) is 10.6. The van der Waals surface area contributed by atoms with E-state index in [9.17, 15) is 4.39 Å². The Kier molecular flexibility index (Phi) is 5.15. The van der Waals surface area contributed by atoms with E-state index in [0.29, 0.717) is 18.0 Å². The predicted molar refractivity (Wildman–Crippen MR) is 83.0 cm³/mol. The lowest BCUT2D eigenvalue weighted by molar-refractivity contribution is 0.475. The van der Waals surface area contributed by atoms with E-state index in [2.05, 4.69) is 27.9 Å². The van der Waals surface area contributed by atoms with Gasteiger partial charge in [0.05, 0.1) is 0 Å². The molecule has 0 atom stereocenters. The Hall–Kier alpha value is -1.14. The first-order valence-electron chi connectivity index (χ1n) is 6.11. The van der Waals surface area contributed by atoms with Gasteiger partial charge in [-0.1, -0.05) is 6.92 Å². The van der Waals surface area contributed by atoms with E-state index in [4.69, 9.17) is 4.74 Å². The SMILES string of the molecule is CCNCc1cc(F)cc(Oc2ccc(I)cc2)c1. The van der Waals surface area contributed by atoms with Crippen LogP contribution < -0.4 is 10.1 Å². The molecule has 0 bridgehead atoms. The average Bonchev–Trinajstić information content (AvgIpc) is 2.38. The maximum absolute atomic E-state index is 13.5. The summed E-state index contributed by atoms with van der Waals surface area (Å²) < 4.78 is 20.3. The summed E-state index contributed by atoms with van der Waals surface area (Å²) in [6.07, 6.45) is 0. The molecule has 2 nitrogen and oxygen atoms in total. The molecular weight excluding hydrogens is 356 g/mol. The third-order valence-electron chi connectivity index (χ3n) is 2.56. The largest absolute Gasteiger partial charge is 0.457 e. The molecule has 0 aromatic heterocycles. The number of halogens is 2. The van der Waals surface area contributed by atoms with Crippen LogP contribution in [0.25, 0.3) is 0 Å². The van der Waals surface area contributed by atoms with Crippen LogP contribution in [0.3, 0.4) is 0 Å². The third-order valence-corrected chi connectivity index (χ3v) is 3.28. The minimum absolute atomic E-state index is 0.282. The van der Waals surface area contributed by atoms with Gasteiger partial charge in [0.25, 0.3) is 0 Å². The monoisotopic (exact) mass is 371 g/mol. The molecule has 0 radical (unpaired) electrons. The topological polar surface area (TPSA) is 21.3 Å². The molecule has 0 aliphatic rings. The Balaban J connectivity index is 2.15. The van der Waals surface area contributed by atoms with Crippen LogP contribution in [0.15, 0.2) is 42.5 Å². The van der Waals surface area contributed by atoms with Gasteiger partial charge in [-0.3, -0.25) is 0 Å². The van der Waals surface area contributed by atoms with Crippen molar-refractivity contribution in [3.63, 3.8) is 0 Å². The lowest BCUT2D eigenvalue weighted by Gasteiger charge is -2.09. The van der Waals surface area contributed by atoms with Gasteiger partial charge in [-0.05, 0) is 71.1 Å². The number of hydrogen-bond donors (Lipinski definition) is 1. The number of hydrogen-bond acceptors (Lipinski definition) is 2. The summed E-state index contributed by atoms with van der Waals surface area (Å²) >= 11 is 2.23. The predicted octanol–water partition coefficient (Wildman–Crippen LogP) is 4.33. The molecule has 0 saturated carbocycles. The van der Waals surface area contributed by atoms with Crippen molar-refractivity contribution >= 4 is 22.6 Å². The highest BCUT2D eigenvalue weighted by atomic mass is 127. The van der Waals surface area contributed by atoms with Gasteiger partial charge < -0.3 is 10.1 Å². The van der Waals surface area contributed by atoms with E-state index in [-0.39, 0.29) is 5.82 Å². The van der Waals surface area contributed by atoms with Crippen LogP contribution in [0.2, 0.25) is 0 Å². The zero-order valence-corrected chi connectivity index (χ0v) is 12.8. The fraction of sp³-hybridized carbons (Fsp3) is 0.200. The van der Waals surface area contributed by atoms with E-state index < -0.39 is 0 Å². The average molecular weight is 371 g/mol. The van der Waals surface area contributed by atoms with Gasteiger partial charge in [0.15, 0.2) is 0 Å². The molecule has 0 spiro atoms. The first-order valence-corrected chi connectivity index (χ1v) is 7.19. The summed E-state index contributed by atoms with van der Waals surface area (Å²) in [5.74, 6) is 0.949. The summed E-state index contributed by atoms with van der Waals surface area (Å²) in [5.41, 5.74) is 0.877. The lowest BCUT2D eigenvalue weighted by Crippen LogP contribution is -2.11. The molecule has 0 aliphatic carbocycles. The van der Waals surface area contributed by atoms with E-state index in [0.717, 1.165) is 15.7 Å². The maximum Gasteiger partial charge on any atom is 0.130 e. The number of rotatable bonds is 5. The second-order valence-electron chi connectivity index (χ2n) is 4.13. The summed E-state index contributed by atoms with van der Waals surface area (Å²) in [6.45, 7) is 3.50. The van der Waals surface area contributed by atoms with Crippen molar-refractivity contribution in [1.82, 2.24) is 5.32 Å². The van der Waals surface area contributed by atoms with E-state index >= 15 is 0 Å². The van der Waals surface area contributed by atoms with Gasteiger partial charge in [-0.15, -0.1) is 0 Å². The van der Waals surface area contributed by atoms with Crippen molar-refractivity contribution in [2.75, 3.05) is 6.54 Å². The fourth-order valence-corrected chi connectivity index (χ4v) is 2.05. The van der Waals surface area contributed by atoms with Gasteiger partial charge in [-0.2, -0.15) is 0 Å². The van der Waals surface area contributed by atoms with Crippen molar-refractivity contribution in [3.8, 4) is 11.5 Å². The van der Waals surface area contributed by atoms with Crippen LogP contribution in [0.1, 0.15) is 12.5 Å². The molecule has 0 unspecified atom stereocenters.